The number of carbonyl (C=O) groups excluding carboxylic acids is 2. The molecule has 0 bridgehead atoms. The zero-order valence-corrected chi connectivity index (χ0v) is 15.7. The minimum absolute atomic E-state index is 0.126. The lowest BCUT2D eigenvalue weighted by molar-refractivity contribution is -0.384. The summed E-state index contributed by atoms with van der Waals surface area (Å²) in [5.41, 5.74) is 0.554. The van der Waals surface area contributed by atoms with Crippen molar-refractivity contribution in [2.24, 2.45) is 5.92 Å². The average molecular weight is 390 g/mol. The fourth-order valence-electron chi connectivity index (χ4n) is 2.47. The van der Waals surface area contributed by atoms with E-state index >= 15 is 0 Å². The summed E-state index contributed by atoms with van der Waals surface area (Å²) in [4.78, 5) is 35.4. The van der Waals surface area contributed by atoms with E-state index in [0.29, 0.717) is 22.7 Å². The number of nitro benzene ring substituents is 1. The van der Waals surface area contributed by atoms with Gasteiger partial charge in [0.05, 0.1) is 4.92 Å². The van der Waals surface area contributed by atoms with Gasteiger partial charge in [0.1, 0.15) is 6.04 Å². The second kappa shape index (κ2) is 9.14. The second-order valence-corrected chi connectivity index (χ2v) is 6.90. The Morgan fingerprint density at radius 1 is 1.15 bits per heavy atom. The highest BCUT2D eigenvalue weighted by atomic mass is 35.5. The molecule has 2 aromatic carbocycles. The van der Waals surface area contributed by atoms with Gasteiger partial charge in [0.15, 0.2) is 0 Å². The fraction of sp³-hybridized carbons (Fsp3) is 0.263. The summed E-state index contributed by atoms with van der Waals surface area (Å²) in [6.07, 6.45) is 0.417. The molecule has 2 aromatic rings. The quantitative estimate of drug-likeness (QED) is 0.551. The van der Waals surface area contributed by atoms with Crippen molar-refractivity contribution in [3.05, 3.63) is 69.2 Å². The third-order valence-electron chi connectivity index (χ3n) is 3.76. The zero-order valence-electron chi connectivity index (χ0n) is 14.9. The molecule has 0 aliphatic heterocycles. The number of nitro groups is 1. The molecule has 27 heavy (non-hydrogen) atoms. The van der Waals surface area contributed by atoms with Crippen molar-refractivity contribution in [2.75, 3.05) is 5.32 Å². The number of rotatable bonds is 7. The molecular weight excluding hydrogens is 370 g/mol. The normalized spacial score (nSPS) is 11.7. The van der Waals surface area contributed by atoms with Crippen molar-refractivity contribution in [3.63, 3.8) is 0 Å². The van der Waals surface area contributed by atoms with Crippen molar-refractivity contribution >= 4 is 34.8 Å². The highest BCUT2D eigenvalue weighted by Crippen LogP contribution is 2.18. The first kappa shape index (κ1) is 20.4. The molecule has 0 fully saturated rings. The number of nitrogens with one attached hydrogen (secondary N) is 2. The number of benzene rings is 2. The van der Waals surface area contributed by atoms with Crippen LogP contribution < -0.4 is 10.6 Å². The van der Waals surface area contributed by atoms with Crippen LogP contribution in [0.5, 0.6) is 0 Å². The fourth-order valence-corrected chi connectivity index (χ4v) is 2.60. The van der Waals surface area contributed by atoms with Gasteiger partial charge in [-0.1, -0.05) is 31.5 Å². The van der Waals surface area contributed by atoms with Gasteiger partial charge in [0.25, 0.3) is 11.6 Å². The van der Waals surface area contributed by atoms with Crippen LogP contribution >= 0.6 is 11.6 Å². The van der Waals surface area contributed by atoms with E-state index in [2.05, 4.69) is 10.6 Å². The largest absolute Gasteiger partial charge is 0.340 e. The molecule has 0 spiro atoms. The van der Waals surface area contributed by atoms with E-state index in [1.54, 1.807) is 30.3 Å². The summed E-state index contributed by atoms with van der Waals surface area (Å²) in [5, 5.41) is 16.7. The van der Waals surface area contributed by atoms with Crippen LogP contribution in [0.15, 0.2) is 48.5 Å². The summed E-state index contributed by atoms with van der Waals surface area (Å²) in [7, 11) is 0. The van der Waals surface area contributed by atoms with Crippen molar-refractivity contribution in [2.45, 2.75) is 26.3 Å². The minimum atomic E-state index is -0.785. The molecule has 0 aliphatic carbocycles. The summed E-state index contributed by atoms with van der Waals surface area (Å²) < 4.78 is 0. The molecule has 0 unspecified atom stereocenters. The molecule has 0 aromatic heterocycles. The molecule has 0 aliphatic rings. The molecule has 142 valence electrons. The molecule has 0 saturated heterocycles. The van der Waals surface area contributed by atoms with Crippen LogP contribution in [-0.2, 0) is 4.79 Å². The van der Waals surface area contributed by atoms with Crippen LogP contribution in [-0.4, -0.2) is 22.8 Å². The lowest BCUT2D eigenvalue weighted by Gasteiger charge is -2.20. The zero-order chi connectivity index (χ0) is 20.0. The Morgan fingerprint density at radius 3 is 2.41 bits per heavy atom. The maximum absolute atomic E-state index is 12.6. The second-order valence-electron chi connectivity index (χ2n) is 6.46. The smallest absolute Gasteiger partial charge is 0.271 e. The van der Waals surface area contributed by atoms with Crippen LogP contribution in [0.1, 0.15) is 30.6 Å². The molecule has 2 N–H and O–H groups in total. The Labute approximate surface area is 161 Å². The van der Waals surface area contributed by atoms with Gasteiger partial charge in [-0.2, -0.15) is 0 Å². The molecule has 0 saturated carbocycles. The minimum Gasteiger partial charge on any atom is -0.340 e. The Hall–Kier alpha value is -2.93. The number of hydrogen-bond donors (Lipinski definition) is 2. The van der Waals surface area contributed by atoms with Crippen LogP contribution in [0.3, 0.4) is 0 Å². The van der Waals surface area contributed by atoms with Crippen LogP contribution in [0.25, 0.3) is 0 Å². The van der Waals surface area contributed by atoms with Gasteiger partial charge in [-0.25, -0.2) is 0 Å². The third-order valence-corrected chi connectivity index (χ3v) is 4.01. The molecular formula is C19H20ClN3O4. The standard InChI is InChI=1S/C19H20ClN3O4/c1-12(2)10-17(22-18(24)13-6-8-14(20)9-7-13)19(25)21-15-4-3-5-16(11-15)23(26)27/h3-9,11-12,17H,10H2,1-2H3,(H,21,25)(H,22,24)/t17-/m1/s1. The lowest BCUT2D eigenvalue weighted by Crippen LogP contribution is -2.44. The molecule has 2 amide bonds. The number of amides is 2. The van der Waals surface area contributed by atoms with Crippen molar-refractivity contribution in [3.8, 4) is 0 Å². The Balaban J connectivity index is 2.13. The summed E-state index contributed by atoms with van der Waals surface area (Å²) in [6.45, 7) is 3.87. The van der Waals surface area contributed by atoms with E-state index in [9.17, 15) is 19.7 Å². The van der Waals surface area contributed by atoms with E-state index in [0.717, 1.165) is 0 Å². The van der Waals surface area contributed by atoms with Crippen LogP contribution in [0, 0.1) is 16.0 Å². The van der Waals surface area contributed by atoms with Gasteiger partial charge >= 0.3 is 0 Å². The SMILES string of the molecule is CC(C)C[C@@H](NC(=O)c1ccc(Cl)cc1)C(=O)Nc1cccc([N+](=O)[O-])c1. The molecule has 1 atom stereocenters. The number of non-ortho nitro benzene ring substituents is 1. The van der Waals surface area contributed by atoms with Gasteiger partial charge in [0.2, 0.25) is 5.91 Å². The van der Waals surface area contributed by atoms with Crippen LogP contribution in [0.2, 0.25) is 5.02 Å². The average Bonchev–Trinajstić information content (AvgIpc) is 2.61. The highest BCUT2D eigenvalue weighted by molar-refractivity contribution is 6.30. The molecule has 0 radical (unpaired) electrons. The molecule has 8 heteroatoms. The first-order chi connectivity index (χ1) is 12.8. The van der Waals surface area contributed by atoms with E-state index in [1.165, 1.54) is 18.2 Å². The van der Waals surface area contributed by atoms with E-state index < -0.39 is 22.8 Å². The van der Waals surface area contributed by atoms with Gasteiger partial charge < -0.3 is 10.6 Å². The predicted molar refractivity (Wildman–Crippen MR) is 104 cm³/mol. The molecule has 2 rings (SSSR count). The number of hydrogen-bond acceptors (Lipinski definition) is 4. The number of nitrogens with zero attached hydrogens (tertiary/aromatic N) is 1. The van der Waals surface area contributed by atoms with Crippen molar-refractivity contribution in [1.29, 1.82) is 0 Å². The Bertz CT molecular complexity index is 837. The lowest BCUT2D eigenvalue weighted by atomic mass is 10.0. The van der Waals surface area contributed by atoms with E-state index in [-0.39, 0.29) is 11.6 Å². The highest BCUT2D eigenvalue weighted by Gasteiger charge is 2.23. The van der Waals surface area contributed by atoms with Gasteiger partial charge in [-0.05, 0) is 42.7 Å². The van der Waals surface area contributed by atoms with Crippen molar-refractivity contribution in [1.82, 2.24) is 5.32 Å². The molecule has 0 heterocycles. The van der Waals surface area contributed by atoms with Crippen LogP contribution in [0.4, 0.5) is 11.4 Å². The number of anilines is 1. The monoisotopic (exact) mass is 389 g/mol. The maximum atomic E-state index is 12.6. The topological polar surface area (TPSA) is 101 Å². The summed E-state index contributed by atoms with van der Waals surface area (Å²) in [5.74, 6) is -0.686. The van der Waals surface area contributed by atoms with Gasteiger partial charge in [-0.3, -0.25) is 19.7 Å². The van der Waals surface area contributed by atoms with Gasteiger partial charge in [-0.15, -0.1) is 0 Å². The molecule has 7 nitrogen and oxygen atoms in total. The van der Waals surface area contributed by atoms with Gasteiger partial charge in [0, 0.05) is 28.4 Å². The number of halogens is 1. The third kappa shape index (κ3) is 6.07. The summed E-state index contributed by atoms with van der Waals surface area (Å²) >= 11 is 5.82. The number of carbonyl (C=O) groups is 2. The Kier molecular flexibility index (Phi) is 6.90. The first-order valence-electron chi connectivity index (χ1n) is 8.38. The maximum Gasteiger partial charge on any atom is 0.271 e. The van der Waals surface area contributed by atoms with E-state index in [4.69, 9.17) is 11.6 Å². The first-order valence-corrected chi connectivity index (χ1v) is 8.76. The summed E-state index contributed by atoms with van der Waals surface area (Å²) in [6, 6.07) is 11.2. The van der Waals surface area contributed by atoms with Crippen molar-refractivity contribution < 1.29 is 14.5 Å². The Morgan fingerprint density at radius 2 is 1.81 bits per heavy atom. The predicted octanol–water partition coefficient (Wildman–Crippen LogP) is 4.03. The van der Waals surface area contributed by atoms with E-state index in [1.807, 2.05) is 13.8 Å².